The van der Waals surface area contributed by atoms with Crippen LogP contribution in [0.5, 0.6) is 5.75 Å². The third-order valence-electron chi connectivity index (χ3n) is 6.07. The average Bonchev–Trinajstić information content (AvgIpc) is 2.83. The quantitative estimate of drug-likeness (QED) is 0.359. The molecule has 4 rings (SSSR count). The number of halogens is 3. The van der Waals surface area contributed by atoms with Crippen LogP contribution in [-0.2, 0) is 26.8 Å². The van der Waals surface area contributed by atoms with Crippen LogP contribution < -0.4 is 16.2 Å². The van der Waals surface area contributed by atoms with E-state index in [1.165, 1.54) is 48.5 Å². The topological polar surface area (TPSA) is 153 Å². The molecule has 38 heavy (non-hydrogen) atoms. The number of hydrogen-bond donors (Lipinski definition) is 3. The number of carboxylic acid groups (broad SMARTS) is 1. The van der Waals surface area contributed by atoms with Crippen LogP contribution in [-0.4, -0.2) is 48.8 Å². The monoisotopic (exact) mass is 567 g/mol. The number of rotatable bonds is 9. The van der Waals surface area contributed by atoms with Gasteiger partial charge in [0.15, 0.2) is 17.2 Å². The van der Waals surface area contributed by atoms with E-state index in [4.69, 9.17) is 21.3 Å². The lowest BCUT2D eigenvalue weighted by atomic mass is 9.87. The van der Waals surface area contributed by atoms with E-state index in [9.17, 15) is 26.8 Å². The third-order valence-corrected chi connectivity index (χ3v) is 7.86. The van der Waals surface area contributed by atoms with Crippen molar-refractivity contribution in [2.75, 3.05) is 13.1 Å². The summed E-state index contributed by atoms with van der Waals surface area (Å²) < 4.78 is 61.6. The lowest BCUT2D eigenvalue weighted by Gasteiger charge is -2.48. The molecular formula is C25H24ClF2N3O6S. The predicted molar refractivity (Wildman–Crippen MR) is 135 cm³/mol. The largest absolute Gasteiger partial charge is 0.480 e. The smallest absolute Gasteiger partial charge is 0.320 e. The second-order valence-electron chi connectivity index (χ2n) is 8.68. The molecule has 202 valence electrons. The van der Waals surface area contributed by atoms with Gasteiger partial charge in [0, 0.05) is 11.1 Å². The Hall–Kier alpha value is -3.58. The van der Waals surface area contributed by atoms with Crippen molar-refractivity contribution in [1.82, 2.24) is 4.31 Å². The van der Waals surface area contributed by atoms with Crippen LogP contribution in [0.3, 0.4) is 0 Å². The zero-order valence-electron chi connectivity index (χ0n) is 19.7. The molecule has 1 atom stereocenters. The number of carbonyl (C=O) groups is 2. The summed E-state index contributed by atoms with van der Waals surface area (Å²) in [5, 5.41) is 9.04. The molecule has 1 amide bonds. The molecular weight excluding hydrogens is 544 g/mol. The summed E-state index contributed by atoms with van der Waals surface area (Å²) in [6.45, 7) is -0.451. The van der Waals surface area contributed by atoms with E-state index < -0.39 is 45.2 Å². The molecule has 1 saturated heterocycles. The average molecular weight is 568 g/mol. The summed E-state index contributed by atoms with van der Waals surface area (Å²) in [5.74, 6) is -3.78. The van der Waals surface area contributed by atoms with Crippen molar-refractivity contribution in [2.45, 2.75) is 23.0 Å². The number of carboxylic acids is 1. The van der Waals surface area contributed by atoms with E-state index in [-0.39, 0.29) is 53.7 Å². The van der Waals surface area contributed by atoms with Gasteiger partial charge in [-0.25, -0.2) is 17.2 Å². The van der Waals surface area contributed by atoms with Crippen LogP contribution in [0.25, 0.3) is 0 Å². The van der Waals surface area contributed by atoms with Crippen molar-refractivity contribution in [3.05, 3.63) is 95.1 Å². The van der Waals surface area contributed by atoms with Crippen molar-refractivity contribution in [1.29, 1.82) is 0 Å². The molecule has 1 aliphatic rings. The number of nitrogens with zero attached hydrogens (tertiary/aromatic N) is 1. The number of carbonyl (C=O) groups excluding carboxylic acids is 1. The third kappa shape index (κ3) is 5.78. The van der Waals surface area contributed by atoms with Crippen molar-refractivity contribution in [3.63, 3.8) is 0 Å². The molecule has 3 aromatic rings. The van der Waals surface area contributed by atoms with E-state index in [0.717, 1.165) is 16.4 Å². The van der Waals surface area contributed by atoms with Gasteiger partial charge in [0.05, 0.1) is 18.0 Å². The number of ether oxygens (including phenoxy) is 1. The van der Waals surface area contributed by atoms with Crippen molar-refractivity contribution in [2.24, 2.45) is 11.5 Å². The molecule has 0 aliphatic carbocycles. The lowest BCUT2D eigenvalue weighted by molar-refractivity contribution is -0.138. The van der Waals surface area contributed by atoms with Crippen molar-refractivity contribution < 1.29 is 36.6 Å². The number of hydrogen-bond acceptors (Lipinski definition) is 6. The minimum absolute atomic E-state index is 0. The molecule has 0 aromatic heterocycles. The second kappa shape index (κ2) is 11.0. The Morgan fingerprint density at radius 1 is 1.03 bits per heavy atom. The Balaban J connectivity index is 0.00000400. The van der Waals surface area contributed by atoms with Gasteiger partial charge in [0.1, 0.15) is 11.8 Å². The van der Waals surface area contributed by atoms with Crippen LogP contribution >= 0.6 is 12.4 Å². The molecule has 0 radical (unpaired) electrons. The first-order chi connectivity index (χ1) is 17.4. The molecule has 3 aromatic carbocycles. The molecule has 13 heteroatoms. The fraction of sp³-hybridized carbons (Fsp3) is 0.200. The maximum Gasteiger partial charge on any atom is 0.320 e. The maximum atomic E-state index is 14.1. The van der Waals surface area contributed by atoms with Gasteiger partial charge in [-0.1, -0.05) is 18.2 Å². The fourth-order valence-corrected chi connectivity index (χ4v) is 5.62. The van der Waals surface area contributed by atoms with E-state index in [2.05, 4.69) is 0 Å². The Labute approximate surface area is 223 Å². The second-order valence-corrected chi connectivity index (χ2v) is 10.6. The molecule has 1 heterocycles. The predicted octanol–water partition coefficient (Wildman–Crippen LogP) is 2.42. The summed E-state index contributed by atoms with van der Waals surface area (Å²) in [5.41, 5.74) is 10.4. The first-order valence-corrected chi connectivity index (χ1v) is 12.5. The van der Waals surface area contributed by atoms with Crippen molar-refractivity contribution >= 4 is 34.3 Å². The summed E-state index contributed by atoms with van der Waals surface area (Å²) in [6, 6.07) is 13.6. The number of primary amides is 1. The Morgan fingerprint density at radius 3 is 2.26 bits per heavy atom. The number of aliphatic carboxylic acids is 1. The maximum absolute atomic E-state index is 14.1. The van der Waals surface area contributed by atoms with Gasteiger partial charge < -0.3 is 21.3 Å². The van der Waals surface area contributed by atoms with Crippen LogP contribution in [0.1, 0.15) is 21.5 Å². The van der Waals surface area contributed by atoms with E-state index >= 15 is 0 Å². The van der Waals surface area contributed by atoms with Gasteiger partial charge in [0.2, 0.25) is 15.9 Å². The molecule has 0 saturated carbocycles. The van der Waals surface area contributed by atoms with Crippen LogP contribution in [0.15, 0.2) is 71.6 Å². The molecule has 1 fully saturated rings. The zero-order chi connectivity index (χ0) is 27.0. The number of benzene rings is 3. The van der Waals surface area contributed by atoms with Gasteiger partial charge in [-0.2, -0.15) is 4.31 Å². The zero-order valence-corrected chi connectivity index (χ0v) is 21.3. The first-order valence-electron chi connectivity index (χ1n) is 11.0. The normalized spacial score (nSPS) is 15.6. The molecule has 0 unspecified atom stereocenters. The highest BCUT2D eigenvalue weighted by molar-refractivity contribution is 7.89. The molecule has 5 N–H and O–H groups in total. The van der Waals surface area contributed by atoms with E-state index in [1.807, 2.05) is 0 Å². The summed E-state index contributed by atoms with van der Waals surface area (Å²) >= 11 is 0. The van der Waals surface area contributed by atoms with Crippen LogP contribution in [0.4, 0.5) is 8.78 Å². The highest BCUT2D eigenvalue weighted by atomic mass is 35.5. The number of sulfonamides is 1. The Kier molecular flexibility index (Phi) is 8.42. The van der Waals surface area contributed by atoms with Crippen LogP contribution in [0, 0.1) is 11.6 Å². The number of amides is 1. The molecule has 0 spiro atoms. The minimum Gasteiger partial charge on any atom is -0.480 e. The SMILES string of the molecule is Cl.NC(=O)c1ccc(OC2(c3ccc(F)c(F)c3)CN(S(=O)(=O)c3cccc(C[C@H](N)C(=O)O)c3)C2)cc1. The summed E-state index contributed by atoms with van der Waals surface area (Å²) in [6.07, 6.45) is -0.0676. The summed E-state index contributed by atoms with van der Waals surface area (Å²) in [4.78, 5) is 22.3. The Morgan fingerprint density at radius 2 is 1.68 bits per heavy atom. The minimum atomic E-state index is -4.05. The lowest BCUT2D eigenvalue weighted by Crippen LogP contribution is -2.64. The first kappa shape index (κ1) is 29.0. The van der Waals surface area contributed by atoms with Gasteiger partial charge in [0.25, 0.3) is 0 Å². The highest BCUT2D eigenvalue weighted by Gasteiger charge is 2.52. The van der Waals surface area contributed by atoms with Crippen molar-refractivity contribution in [3.8, 4) is 5.75 Å². The number of nitrogens with two attached hydrogens (primary N) is 2. The van der Waals surface area contributed by atoms with E-state index in [1.54, 1.807) is 6.07 Å². The standard InChI is InChI=1S/C25H23F2N3O6S.ClH/c26-20-9-6-17(12-21(20)27)25(36-18-7-4-16(5-8-18)23(29)31)13-30(14-25)37(34,35)19-3-1-2-15(10-19)11-22(28)24(32)33;/h1-10,12,22H,11,13-14,28H2,(H2,29,31)(H,32,33);1H/t22-;/m0./s1. The van der Waals surface area contributed by atoms with Gasteiger partial charge in [-0.15, -0.1) is 12.4 Å². The highest BCUT2D eigenvalue weighted by Crippen LogP contribution is 2.40. The van der Waals surface area contributed by atoms with Gasteiger partial charge in [-0.05, 0) is 60.5 Å². The van der Waals surface area contributed by atoms with E-state index in [0.29, 0.717) is 5.56 Å². The van der Waals surface area contributed by atoms with Gasteiger partial charge >= 0.3 is 5.97 Å². The molecule has 9 nitrogen and oxygen atoms in total. The molecule has 1 aliphatic heterocycles. The van der Waals surface area contributed by atoms with Gasteiger partial charge in [-0.3, -0.25) is 9.59 Å². The fourth-order valence-electron chi connectivity index (χ4n) is 4.02. The molecule has 0 bridgehead atoms. The summed E-state index contributed by atoms with van der Waals surface area (Å²) in [7, 11) is -4.05. The Bertz CT molecular complexity index is 1460. The van der Waals surface area contributed by atoms with Crippen LogP contribution in [0.2, 0.25) is 0 Å².